The van der Waals surface area contributed by atoms with E-state index >= 15 is 0 Å². The van der Waals surface area contributed by atoms with Crippen LogP contribution >= 0.6 is 0 Å². The first-order valence-corrected chi connectivity index (χ1v) is 18.0. The van der Waals surface area contributed by atoms with Gasteiger partial charge in [0.2, 0.25) is 5.91 Å². The molecule has 2 atom stereocenters. The Balaban J connectivity index is 4.00. The molecule has 0 aromatic carbocycles. The fourth-order valence-corrected chi connectivity index (χ4v) is 5.74. The lowest BCUT2D eigenvalue weighted by atomic mass is 10.0. The number of hydrogen-bond donors (Lipinski definition) is 3. The fourth-order valence-electron chi connectivity index (χ4n) is 4.98. The van der Waals surface area contributed by atoms with Gasteiger partial charge in [0.05, 0.1) is 17.9 Å². The Morgan fingerprint density at radius 1 is 0.667 bits per heavy atom. The maximum atomic E-state index is 12.4. The molecule has 0 aliphatic carbocycles. The number of nitrogens with one attached hydrogen (secondary N) is 1. The molecule has 3 N–H and O–H groups in total. The molecule has 0 aliphatic rings. The number of unbranched alkanes of at least 4 members (excludes halogenated alkanes) is 19. The predicted octanol–water partition coefficient (Wildman–Crippen LogP) is 8.68. The van der Waals surface area contributed by atoms with Crippen molar-refractivity contribution in [1.29, 1.82) is 0 Å². The summed E-state index contributed by atoms with van der Waals surface area (Å²) in [6.07, 6.45) is 30.1. The molecular weight excluding hydrogens is 510 g/mol. The van der Waals surface area contributed by atoms with Crippen LogP contribution in [0.4, 0.5) is 0 Å². The fraction of sp³-hybridized carbons (Fsp3) is 0.906. The average Bonchev–Trinajstić information content (AvgIpc) is 2.88. The first-order chi connectivity index (χ1) is 18.8. The highest BCUT2D eigenvalue weighted by molar-refractivity contribution is 7.85. The molecule has 1 amide bonds. The van der Waals surface area contributed by atoms with E-state index in [2.05, 4.69) is 31.3 Å². The van der Waals surface area contributed by atoms with Gasteiger partial charge in [0.15, 0.2) is 0 Å². The van der Waals surface area contributed by atoms with E-state index < -0.39 is 28.0 Å². The Morgan fingerprint density at radius 3 is 1.56 bits per heavy atom. The van der Waals surface area contributed by atoms with Crippen molar-refractivity contribution in [3.8, 4) is 0 Å². The Hall–Kier alpha value is -0.920. The Kier molecular flexibility index (Phi) is 26.6. The predicted molar refractivity (Wildman–Crippen MR) is 166 cm³/mol. The van der Waals surface area contributed by atoms with Crippen LogP contribution in [0.3, 0.4) is 0 Å². The Morgan fingerprint density at radius 2 is 1.08 bits per heavy atom. The highest BCUT2D eigenvalue weighted by Gasteiger charge is 2.26. The van der Waals surface area contributed by atoms with Crippen molar-refractivity contribution < 1.29 is 22.9 Å². The quantitative estimate of drug-likeness (QED) is 0.0472. The molecule has 0 rings (SSSR count). The van der Waals surface area contributed by atoms with Gasteiger partial charge in [0, 0.05) is 6.42 Å². The average molecular weight is 574 g/mol. The topological polar surface area (TPSA) is 104 Å². The van der Waals surface area contributed by atoms with Crippen LogP contribution in [0.2, 0.25) is 0 Å². The van der Waals surface area contributed by atoms with E-state index in [1.807, 2.05) is 0 Å². The summed E-state index contributed by atoms with van der Waals surface area (Å²) < 4.78 is 32.2. The number of hydrogen-bond acceptors (Lipinski definition) is 4. The molecule has 6 nitrogen and oxygen atoms in total. The first-order valence-electron chi connectivity index (χ1n) is 16.4. The van der Waals surface area contributed by atoms with Crippen LogP contribution < -0.4 is 5.32 Å². The number of allylic oxidation sites excluding steroid dienone is 2. The molecule has 0 fully saturated rings. The third-order valence-corrected chi connectivity index (χ3v) is 8.25. The van der Waals surface area contributed by atoms with E-state index in [9.17, 15) is 22.9 Å². The normalized spacial score (nSPS) is 13.6. The highest BCUT2D eigenvalue weighted by Crippen LogP contribution is 2.15. The van der Waals surface area contributed by atoms with Crippen LogP contribution in [0, 0.1) is 0 Å². The van der Waals surface area contributed by atoms with Gasteiger partial charge in [-0.3, -0.25) is 9.35 Å². The number of aliphatic hydroxyl groups is 1. The lowest BCUT2D eigenvalue weighted by Crippen LogP contribution is -2.47. The summed E-state index contributed by atoms with van der Waals surface area (Å²) in [7, 11) is -4.30. The molecule has 0 saturated heterocycles. The van der Waals surface area contributed by atoms with Gasteiger partial charge in [0.25, 0.3) is 10.1 Å². The van der Waals surface area contributed by atoms with Crippen molar-refractivity contribution in [2.45, 2.75) is 180 Å². The number of carbonyl (C=O) groups is 1. The number of rotatable bonds is 29. The summed E-state index contributed by atoms with van der Waals surface area (Å²) in [5.74, 6) is -0.906. The third-order valence-electron chi connectivity index (χ3n) is 7.47. The van der Waals surface area contributed by atoms with Gasteiger partial charge in [0.1, 0.15) is 0 Å². The SMILES string of the molecule is CCCCCC/C=C\CCCCCCCC(=O)NC(CS(=O)(=O)O)C(O)CCCCCCCCCCCCC. The maximum Gasteiger partial charge on any atom is 0.266 e. The minimum absolute atomic E-state index is 0.257. The molecule has 0 spiro atoms. The largest absolute Gasteiger partial charge is 0.391 e. The smallest absolute Gasteiger partial charge is 0.266 e. The molecule has 232 valence electrons. The number of aliphatic hydroxyl groups excluding tert-OH is 1. The summed E-state index contributed by atoms with van der Waals surface area (Å²) in [4.78, 5) is 12.4. The molecule has 0 radical (unpaired) electrons. The summed E-state index contributed by atoms with van der Waals surface area (Å²) >= 11 is 0. The summed E-state index contributed by atoms with van der Waals surface area (Å²) in [5.41, 5.74) is 0. The second-order valence-corrected chi connectivity index (χ2v) is 12.9. The van der Waals surface area contributed by atoms with Crippen molar-refractivity contribution in [1.82, 2.24) is 5.32 Å². The van der Waals surface area contributed by atoms with Gasteiger partial charge < -0.3 is 10.4 Å². The molecule has 0 bridgehead atoms. The second-order valence-electron chi connectivity index (χ2n) is 11.4. The van der Waals surface area contributed by atoms with Crippen molar-refractivity contribution in [2.75, 3.05) is 5.75 Å². The highest BCUT2D eigenvalue weighted by atomic mass is 32.2. The van der Waals surface area contributed by atoms with Crippen LogP contribution in [0.5, 0.6) is 0 Å². The maximum absolute atomic E-state index is 12.4. The zero-order valence-electron chi connectivity index (χ0n) is 25.5. The zero-order chi connectivity index (χ0) is 29.0. The van der Waals surface area contributed by atoms with Crippen LogP contribution in [0.15, 0.2) is 12.2 Å². The molecule has 0 heterocycles. The monoisotopic (exact) mass is 573 g/mol. The molecular formula is C32H63NO5S. The van der Waals surface area contributed by atoms with E-state index in [-0.39, 0.29) is 5.91 Å². The van der Waals surface area contributed by atoms with Gasteiger partial charge in [-0.1, -0.05) is 135 Å². The van der Waals surface area contributed by atoms with Crippen molar-refractivity contribution in [3.05, 3.63) is 12.2 Å². The number of amides is 1. The van der Waals surface area contributed by atoms with Gasteiger partial charge in [-0.2, -0.15) is 8.42 Å². The minimum Gasteiger partial charge on any atom is -0.391 e. The van der Waals surface area contributed by atoms with E-state index in [0.29, 0.717) is 12.8 Å². The molecule has 39 heavy (non-hydrogen) atoms. The summed E-state index contributed by atoms with van der Waals surface area (Å²) in [5, 5.41) is 13.2. The van der Waals surface area contributed by atoms with Gasteiger partial charge in [-0.15, -0.1) is 0 Å². The van der Waals surface area contributed by atoms with Crippen LogP contribution in [-0.4, -0.2) is 41.9 Å². The number of carbonyl (C=O) groups excluding carboxylic acids is 1. The Bertz CT molecular complexity index is 680. The standard InChI is InChI=1S/C32H63NO5S/c1-3-5-7-9-11-13-15-16-18-20-22-24-26-28-32(35)33-30(29-39(36,37)38)31(34)27-25-23-21-19-17-14-12-10-8-6-4-2/h13,15,30-31,34H,3-12,14,16-29H2,1-2H3,(H,33,35)(H,36,37,38)/b15-13-. The summed E-state index contributed by atoms with van der Waals surface area (Å²) in [6.45, 7) is 4.46. The van der Waals surface area contributed by atoms with E-state index in [1.54, 1.807) is 0 Å². The molecule has 0 saturated carbocycles. The third kappa shape index (κ3) is 28.4. The first kappa shape index (κ1) is 38.1. The second kappa shape index (κ2) is 27.3. The van der Waals surface area contributed by atoms with Gasteiger partial charge in [-0.25, -0.2) is 0 Å². The van der Waals surface area contributed by atoms with E-state index in [1.165, 1.54) is 89.9 Å². The van der Waals surface area contributed by atoms with E-state index in [0.717, 1.165) is 51.4 Å². The van der Waals surface area contributed by atoms with Crippen LogP contribution in [0.25, 0.3) is 0 Å². The van der Waals surface area contributed by atoms with Crippen molar-refractivity contribution in [3.63, 3.8) is 0 Å². The van der Waals surface area contributed by atoms with Crippen molar-refractivity contribution >= 4 is 16.0 Å². The van der Waals surface area contributed by atoms with E-state index in [4.69, 9.17) is 0 Å². The lowest BCUT2D eigenvalue weighted by molar-refractivity contribution is -0.122. The van der Waals surface area contributed by atoms with Crippen LogP contribution in [0.1, 0.15) is 168 Å². The zero-order valence-corrected chi connectivity index (χ0v) is 26.3. The van der Waals surface area contributed by atoms with Gasteiger partial charge >= 0.3 is 0 Å². The van der Waals surface area contributed by atoms with Gasteiger partial charge in [-0.05, 0) is 38.5 Å². The summed E-state index contributed by atoms with van der Waals surface area (Å²) in [6, 6.07) is -0.968. The minimum atomic E-state index is -4.30. The molecule has 2 unspecified atom stereocenters. The molecule has 7 heteroatoms. The molecule has 0 aromatic rings. The molecule has 0 aromatic heterocycles. The molecule has 0 aliphatic heterocycles. The lowest BCUT2D eigenvalue weighted by Gasteiger charge is -2.23. The van der Waals surface area contributed by atoms with Crippen molar-refractivity contribution in [2.24, 2.45) is 0 Å². The Labute approximate surface area is 241 Å². The van der Waals surface area contributed by atoms with Crippen LogP contribution in [-0.2, 0) is 14.9 Å².